The fraction of sp³-hybridized carbons (Fsp3) is 0.350. The lowest BCUT2D eigenvalue weighted by Gasteiger charge is -2.11. The quantitative estimate of drug-likeness (QED) is 0.645. The van der Waals surface area contributed by atoms with Gasteiger partial charge in [0, 0.05) is 12.0 Å². The first kappa shape index (κ1) is 15.7. The number of hydrogen-bond donors (Lipinski definition) is 0. The average molecular weight is 312 g/mol. The van der Waals surface area contributed by atoms with Crippen LogP contribution < -0.4 is 4.74 Å². The zero-order valence-corrected chi connectivity index (χ0v) is 13.3. The molecule has 2 aromatic rings. The Morgan fingerprint density at radius 1 is 1.13 bits per heavy atom. The topological polar surface area (TPSA) is 26.3 Å². The molecule has 0 radical (unpaired) electrons. The largest absolute Gasteiger partial charge is 0.454 e. The van der Waals surface area contributed by atoms with Gasteiger partial charge in [-0.15, -0.1) is 0 Å². The molecular formula is C20H21FO2. The van der Waals surface area contributed by atoms with Crippen molar-refractivity contribution >= 4 is 5.78 Å². The second-order valence-electron chi connectivity index (χ2n) is 6.07. The van der Waals surface area contributed by atoms with E-state index in [1.807, 2.05) is 12.1 Å². The Hall–Kier alpha value is -2.16. The van der Waals surface area contributed by atoms with Crippen LogP contribution in [-0.2, 0) is 0 Å². The van der Waals surface area contributed by atoms with Crippen molar-refractivity contribution in [2.45, 2.75) is 44.9 Å². The first-order valence-corrected chi connectivity index (χ1v) is 8.28. The molecule has 0 atom stereocenters. The van der Waals surface area contributed by atoms with Crippen molar-refractivity contribution in [3.8, 4) is 11.5 Å². The van der Waals surface area contributed by atoms with Crippen molar-refractivity contribution in [2.24, 2.45) is 0 Å². The molecule has 0 saturated heterocycles. The maximum Gasteiger partial charge on any atom is 0.166 e. The maximum absolute atomic E-state index is 14.1. The number of benzene rings is 2. The van der Waals surface area contributed by atoms with E-state index in [0.29, 0.717) is 23.7 Å². The van der Waals surface area contributed by atoms with Crippen LogP contribution in [0.2, 0.25) is 0 Å². The van der Waals surface area contributed by atoms with E-state index in [2.05, 4.69) is 12.1 Å². The average Bonchev–Trinajstić information content (AvgIpc) is 3.11. The lowest BCUT2D eigenvalue weighted by Crippen LogP contribution is -1.98. The first-order chi connectivity index (χ1) is 11.2. The fourth-order valence-electron chi connectivity index (χ4n) is 3.16. The summed E-state index contributed by atoms with van der Waals surface area (Å²) in [6, 6.07) is 12.3. The van der Waals surface area contributed by atoms with Gasteiger partial charge in [-0.05, 0) is 54.7 Å². The van der Waals surface area contributed by atoms with E-state index in [9.17, 15) is 9.18 Å². The number of ketones is 1. The number of rotatable bonds is 5. The van der Waals surface area contributed by atoms with Gasteiger partial charge >= 0.3 is 0 Å². The van der Waals surface area contributed by atoms with Gasteiger partial charge in [0.2, 0.25) is 0 Å². The Balaban J connectivity index is 1.72. The van der Waals surface area contributed by atoms with Gasteiger partial charge in [0.25, 0.3) is 0 Å². The third-order valence-corrected chi connectivity index (χ3v) is 4.51. The van der Waals surface area contributed by atoms with E-state index >= 15 is 0 Å². The summed E-state index contributed by atoms with van der Waals surface area (Å²) in [5.41, 5.74) is 1.72. The fourth-order valence-corrected chi connectivity index (χ4v) is 3.16. The van der Waals surface area contributed by atoms with Gasteiger partial charge in [0.15, 0.2) is 17.3 Å². The van der Waals surface area contributed by atoms with Crippen LogP contribution in [0.5, 0.6) is 11.5 Å². The Morgan fingerprint density at radius 2 is 1.83 bits per heavy atom. The summed E-state index contributed by atoms with van der Waals surface area (Å²) < 4.78 is 19.7. The molecule has 1 aliphatic rings. The van der Waals surface area contributed by atoms with E-state index < -0.39 is 5.82 Å². The summed E-state index contributed by atoms with van der Waals surface area (Å²) in [6.45, 7) is 1.76. The van der Waals surface area contributed by atoms with Crippen molar-refractivity contribution in [2.75, 3.05) is 0 Å². The van der Waals surface area contributed by atoms with E-state index in [1.165, 1.54) is 43.4 Å². The molecule has 2 aromatic carbocycles. The van der Waals surface area contributed by atoms with Crippen molar-refractivity contribution in [3.63, 3.8) is 0 Å². The minimum Gasteiger partial charge on any atom is -0.454 e. The number of carbonyl (C=O) groups excluding carboxylic acids is 1. The standard InChI is InChI=1S/C20H21FO2/c1-2-19(22)16-9-12-20(18(21)13-16)23-17-10-7-15(8-11-17)14-5-3-4-6-14/h7-14H,2-6H2,1H3. The number of hydrogen-bond acceptors (Lipinski definition) is 2. The highest BCUT2D eigenvalue weighted by Crippen LogP contribution is 2.35. The third-order valence-electron chi connectivity index (χ3n) is 4.51. The minimum atomic E-state index is -0.510. The molecule has 0 amide bonds. The number of ether oxygens (including phenoxy) is 1. The molecule has 3 heteroatoms. The first-order valence-electron chi connectivity index (χ1n) is 8.28. The Bertz CT molecular complexity index is 685. The normalized spacial score (nSPS) is 14.9. The summed E-state index contributed by atoms with van der Waals surface area (Å²) in [7, 11) is 0. The van der Waals surface area contributed by atoms with Gasteiger partial charge in [-0.25, -0.2) is 4.39 Å². The molecule has 3 rings (SSSR count). The van der Waals surface area contributed by atoms with Crippen LogP contribution >= 0.6 is 0 Å². The summed E-state index contributed by atoms with van der Waals surface area (Å²) in [6.07, 6.45) is 5.47. The molecule has 0 bridgehead atoms. The van der Waals surface area contributed by atoms with Crippen LogP contribution in [0.25, 0.3) is 0 Å². The second kappa shape index (κ2) is 6.95. The van der Waals surface area contributed by atoms with Crippen LogP contribution in [0.1, 0.15) is 60.9 Å². The molecule has 1 saturated carbocycles. The van der Waals surface area contributed by atoms with Crippen LogP contribution in [-0.4, -0.2) is 5.78 Å². The minimum absolute atomic E-state index is 0.0728. The molecule has 0 spiro atoms. The predicted octanol–water partition coefficient (Wildman–Crippen LogP) is 5.87. The Labute approximate surface area is 136 Å². The molecule has 0 aromatic heterocycles. The van der Waals surface area contributed by atoms with Crippen LogP contribution in [0, 0.1) is 5.82 Å². The lowest BCUT2D eigenvalue weighted by molar-refractivity contribution is 0.0987. The van der Waals surface area contributed by atoms with Gasteiger partial charge in [0.1, 0.15) is 5.75 Å². The molecule has 23 heavy (non-hydrogen) atoms. The number of Topliss-reactive ketones (excluding diaryl/α,β-unsaturated/α-hetero) is 1. The molecule has 0 heterocycles. The number of carbonyl (C=O) groups is 1. The van der Waals surface area contributed by atoms with Crippen molar-refractivity contribution in [1.82, 2.24) is 0 Å². The van der Waals surface area contributed by atoms with Gasteiger partial charge in [-0.1, -0.05) is 31.9 Å². The van der Waals surface area contributed by atoms with E-state index in [0.717, 1.165) is 0 Å². The smallest absolute Gasteiger partial charge is 0.166 e. The summed E-state index contributed by atoms with van der Waals surface area (Å²) in [5.74, 6) is 0.826. The molecule has 2 nitrogen and oxygen atoms in total. The van der Waals surface area contributed by atoms with Gasteiger partial charge in [-0.2, -0.15) is 0 Å². The van der Waals surface area contributed by atoms with Crippen molar-refractivity contribution < 1.29 is 13.9 Å². The monoisotopic (exact) mass is 312 g/mol. The number of halogens is 1. The molecular weight excluding hydrogens is 291 g/mol. The van der Waals surface area contributed by atoms with Gasteiger partial charge < -0.3 is 4.74 Å². The van der Waals surface area contributed by atoms with Crippen LogP contribution in [0.4, 0.5) is 4.39 Å². The molecule has 1 fully saturated rings. The van der Waals surface area contributed by atoms with E-state index in [1.54, 1.807) is 13.0 Å². The molecule has 1 aliphatic carbocycles. The Morgan fingerprint density at radius 3 is 2.43 bits per heavy atom. The maximum atomic E-state index is 14.1. The van der Waals surface area contributed by atoms with Gasteiger partial charge in [0.05, 0.1) is 0 Å². The van der Waals surface area contributed by atoms with E-state index in [4.69, 9.17) is 4.74 Å². The molecule has 0 unspecified atom stereocenters. The lowest BCUT2D eigenvalue weighted by atomic mass is 9.98. The molecule has 0 N–H and O–H groups in total. The zero-order chi connectivity index (χ0) is 16.2. The van der Waals surface area contributed by atoms with Crippen molar-refractivity contribution in [1.29, 1.82) is 0 Å². The van der Waals surface area contributed by atoms with Crippen LogP contribution in [0.15, 0.2) is 42.5 Å². The SMILES string of the molecule is CCC(=O)c1ccc(Oc2ccc(C3CCCC3)cc2)c(F)c1. The second-order valence-corrected chi connectivity index (χ2v) is 6.07. The highest BCUT2D eigenvalue weighted by Gasteiger charge is 2.17. The summed E-state index contributed by atoms with van der Waals surface area (Å²) in [4.78, 5) is 11.6. The van der Waals surface area contributed by atoms with Crippen molar-refractivity contribution in [3.05, 3.63) is 59.4 Å². The van der Waals surface area contributed by atoms with E-state index in [-0.39, 0.29) is 11.5 Å². The summed E-state index contributed by atoms with van der Waals surface area (Å²) in [5, 5.41) is 0. The predicted molar refractivity (Wildman–Crippen MR) is 88.7 cm³/mol. The Kier molecular flexibility index (Phi) is 4.75. The van der Waals surface area contributed by atoms with Crippen LogP contribution in [0.3, 0.4) is 0 Å². The zero-order valence-electron chi connectivity index (χ0n) is 13.3. The highest BCUT2D eigenvalue weighted by molar-refractivity contribution is 5.95. The third kappa shape index (κ3) is 3.61. The highest BCUT2D eigenvalue weighted by atomic mass is 19.1. The van der Waals surface area contributed by atoms with Gasteiger partial charge in [-0.3, -0.25) is 4.79 Å². The molecule has 120 valence electrons. The summed E-state index contributed by atoms with van der Waals surface area (Å²) >= 11 is 0. The molecule has 0 aliphatic heterocycles.